The van der Waals surface area contributed by atoms with Gasteiger partial charge in [0.2, 0.25) is 11.8 Å². The first-order valence-corrected chi connectivity index (χ1v) is 7.24. The number of hydrogen-bond acceptors (Lipinski definition) is 4. The molecule has 0 fully saturated rings. The van der Waals surface area contributed by atoms with Crippen molar-refractivity contribution in [3.05, 3.63) is 40.7 Å². The maximum absolute atomic E-state index is 12.0. The summed E-state index contributed by atoms with van der Waals surface area (Å²) < 4.78 is 0. The minimum Gasteiger partial charge on any atom is -0.366 e. The van der Waals surface area contributed by atoms with Gasteiger partial charge in [-0.15, -0.1) is 5.10 Å². The molecular formula is C15H19N5O. The first kappa shape index (κ1) is 13.6. The SMILES string of the molecule is CC(NC(=O)c1nc(N)n[nH]1)c1ccc2c(c1)CCCC2. The molecule has 2 aromatic rings. The summed E-state index contributed by atoms with van der Waals surface area (Å²) in [5.41, 5.74) is 9.35. The molecule has 0 saturated heterocycles. The minimum absolute atomic E-state index is 0.0709. The molecule has 1 amide bonds. The zero-order valence-corrected chi connectivity index (χ0v) is 12.0. The fourth-order valence-corrected chi connectivity index (χ4v) is 2.75. The quantitative estimate of drug-likeness (QED) is 0.800. The Labute approximate surface area is 123 Å². The van der Waals surface area contributed by atoms with Gasteiger partial charge in [-0.1, -0.05) is 18.2 Å². The fraction of sp³-hybridized carbons (Fsp3) is 0.400. The maximum atomic E-state index is 12.0. The van der Waals surface area contributed by atoms with Crippen LogP contribution in [-0.2, 0) is 12.8 Å². The molecule has 4 N–H and O–H groups in total. The zero-order chi connectivity index (χ0) is 14.8. The third-order valence-corrected chi connectivity index (χ3v) is 3.94. The van der Waals surface area contributed by atoms with E-state index in [1.54, 1.807) is 0 Å². The predicted molar refractivity (Wildman–Crippen MR) is 79.8 cm³/mol. The van der Waals surface area contributed by atoms with Crippen molar-refractivity contribution in [2.24, 2.45) is 0 Å². The van der Waals surface area contributed by atoms with E-state index in [-0.39, 0.29) is 23.7 Å². The number of amides is 1. The summed E-state index contributed by atoms with van der Waals surface area (Å²) in [5, 5.41) is 9.07. The van der Waals surface area contributed by atoms with E-state index in [1.807, 2.05) is 6.92 Å². The number of aromatic amines is 1. The summed E-state index contributed by atoms with van der Waals surface area (Å²) in [6.07, 6.45) is 4.80. The van der Waals surface area contributed by atoms with Crippen molar-refractivity contribution in [2.45, 2.75) is 38.6 Å². The van der Waals surface area contributed by atoms with Crippen LogP contribution in [0.4, 0.5) is 5.95 Å². The highest BCUT2D eigenvalue weighted by Crippen LogP contribution is 2.24. The lowest BCUT2D eigenvalue weighted by Crippen LogP contribution is -2.27. The molecule has 6 nitrogen and oxygen atoms in total. The van der Waals surface area contributed by atoms with Gasteiger partial charge in [0, 0.05) is 0 Å². The predicted octanol–water partition coefficient (Wildman–Crippen LogP) is 1.76. The molecule has 21 heavy (non-hydrogen) atoms. The molecule has 6 heteroatoms. The average Bonchev–Trinajstić information content (AvgIpc) is 2.93. The van der Waals surface area contributed by atoms with Crippen molar-refractivity contribution in [2.75, 3.05) is 5.73 Å². The van der Waals surface area contributed by atoms with Crippen molar-refractivity contribution < 1.29 is 4.79 Å². The second-order valence-electron chi connectivity index (χ2n) is 5.47. The van der Waals surface area contributed by atoms with Crippen molar-refractivity contribution in [1.82, 2.24) is 20.5 Å². The Morgan fingerprint density at radius 1 is 1.33 bits per heavy atom. The average molecular weight is 285 g/mol. The van der Waals surface area contributed by atoms with Crippen LogP contribution >= 0.6 is 0 Å². The number of nitrogen functional groups attached to an aromatic ring is 1. The van der Waals surface area contributed by atoms with Gasteiger partial charge >= 0.3 is 0 Å². The van der Waals surface area contributed by atoms with E-state index < -0.39 is 0 Å². The van der Waals surface area contributed by atoms with Gasteiger partial charge in [0.25, 0.3) is 5.91 Å². The molecule has 1 atom stereocenters. The van der Waals surface area contributed by atoms with E-state index in [0.717, 1.165) is 18.4 Å². The zero-order valence-electron chi connectivity index (χ0n) is 12.0. The summed E-state index contributed by atoms with van der Waals surface area (Å²) >= 11 is 0. The summed E-state index contributed by atoms with van der Waals surface area (Å²) in [4.78, 5) is 15.9. The second kappa shape index (κ2) is 5.55. The molecule has 1 aliphatic rings. The standard InChI is InChI=1S/C15H19N5O/c1-9(17-14(21)13-18-15(16)20-19-13)11-7-6-10-4-2-3-5-12(10)8-11/h6-9H,2-5H2,1H3,(H,17,21)(H3,16,18,19,20). The molecule has 1 aliphatic carbocycles. The van der Waals surface area contributed by atoms with Gasteiger partial charge in [-0.05, 0) is 49.3 Å². The number of nitrogens with one attached hydrogen (secondary N) is 2. The summed E-state index contributed by atoms with van der Waals surface area (Å²) in [6, 6.07) is 6.38. The van der Waals surface area contributed by atoms with Crippen molar-refractivity contribution in [1.29, 1.82) is 0 Å². The molecule has 0 bridgehead atoms. The number of nitrogens with two attached hydrogens (primary N) is 1. The van der Waals surface area contributed by atoms with Gasteiger partial charge in [0.1, 0.15) is 0 Å². The number of anilines is 1. The summed E-state index contributed by atoms with van der Waals surface area (Å²) in [7, 11) is 0. The number of fused-ring (bicyclic) bond motifs is 1. The Kier molecular flexibility index (Phi) is 3.60. The Balaban J connectivity index is 1.73. The van der Waals surface area contributed by atoms with Crippen molar-refractivity contribution in [3.8, 4) is 0 Å². The van der Waals surface area contributed by atoms with E-state index in [1.165, 1.54) is 24.0 Å². The first-order valence-electron chi connectivity index (χ1n) is 7.24. The molecule has 110 valence electrons. The lowest BCUT2D eigenvalue weighted by molar-refractivity contribution is 0.0930. The Hall–Kier alpha value is -2.37. The van der Waals surface area contributed by atoms with Gasteiger partial charge in [0.15, 0.2) is 0 Å². The number of carbonyl (C=O) groups excluding carboxylic acids is 1. The number of aryl methyl sites for hydroxylation is 2. The maximum Gasteiger partial charge on any atom is 0.289 e. The van der Waals surface area contributed by atoms with Crippen LogP contribution in [0.3, 0.4) is 0 Å². The largest absolute Gasteiger partial charge is 0.366 e. The van der Waals surface area contributed by atoms with Crippen LogP contribution in [0.25, 0.3) is 0 Å². The lowest BCUT2D eigenvalue weighted by atomic mass is 9.89. The summed E-state index contributed by atoms with van der Waals surface area (Å²) in [5.74, 6) is -0.0942. The Morgan fingerprint density at radius 3 is 2.81 bits per heavy atom. The third-order valence-electron chi connectivity index (χ3n) is 3.94. The summed E-state index contributed by atoms with van der Waals surface area (Å²) in [6.45, 7) is 1.96. The Morgan fingerprint density at radius 2 is 2.10 bits per heavy atom. The van der Waals surface area contributed by atoms with Crippen LogP contribution in [0.1, 0.15) is 53.1 Å². The molecule has 1 aromatic carbocycles. The number of hydrogen-bond donors (Lipinski definition) is 3. The molecule has 0 spiro atoms. The topological polar surface area (TPSA) is 96.7 Å². The third kappa shape index (κ3) is 2.89. The van der Waals surface area contributed by atoms with Crippen molar-refractivity contribution in [3.63, 3.8) is 0 Å². The first-order chi connectivity index (χ1) is 10.1. The number of carbonyl (C=O) groups is 1. The highest BCUT2D eigenvalue weighted by atomic mass is 16.2. The lowest BCUT2D eigenvalue weighted by Gasteiger charge is -2.19. The molecule has 1 heterocycles. The van der Waals surface area contributed by atoms with E-state index >= 15 is 0 Å². The normalized spacial score (nSPS) is 15.3. The van der Waals surface area contributed by atoms with Gasteiger partial charge in [-0.2, -0.15) is 4.98 Å². The van der Waals surface area contributed by atoms with Crippen LogP contribution in [0.2, 0.25) is 0 Å². The second-order valence-corrected chi connectivity index (χ2v) is 5.47. The van der Waals surface area contributed by atoms with Gasteiger partial charge in [-0.25, -0.2) is 0 Å². The Bertz CT molecular complexity index is 664. The van der Waals surface area contributed by atoms with Crippen LogP contribution < -0.4 is 11.1 Å². The van der Waals surface area contributed by atoms with Crippen LogP contribution in [-0.4, -0.2) is 21.1 Å². The van der Waals surface area contributed by atoms with Gasteiger partial charge in [-0.3, -0.25) is 9.89 Å². The molecule has 1 aromatic heterocycles. The van der Waals surface area contributed by atoms with Crippen LogP contribution in [0.5, 0.6) is 0 Å². The molecular weight excluding hydrogens is 266 g/mol. The number of rotatable bonds is 3. The van der Waals surface area contributed by atoms with E-state index in [0.29, 0.717) is 0 Å². The number of benzene rings is 1. The highest BCUT2D eigenvalue weighted by molar-refractivity contribution is 5.90. The molecule has 0 saturated carbocycles. The number of nitrogens with zero attached hydrogens (tertiary/aromatic N) is 2. The fourth-order valence-electron chi connectivity index (χ4n) is 2.75. The van der Waals surface area contributed by atoms with Gasteiger partial charge in [0.05, 0.1) is 6.04 Å². The minimum atomic E-state index is -0.301. The monoisotopic (exact) mass is 285 g/mol. The number of H-pyrrole nitrogens is 1. The van der Waals surface area contributed by atoms with Crippen molar-refractivity contribution >= 4 is 11.9 Å². The van der Waals surface area contributed by atoms with E-state index in [2.05, 4.69) is 38.7 Å². The molecule has 0 aliphatic heterocycles. The molecule has 0 radical (unpaired) electrons. The molecule has 1 unspecified atom stereocenters. The van der Waals surface area contributed by atoms with Crippen LogP contribution in [0, 0.1) is 0 Å². The molecule has 3 rings (SSSR count). The van der Waals surface area contributed by atoms with Gasteiger partial charge < -0.3 is 11.1 Å². The van der Waals surface area contributed by atoms with Crippen LogP contribution in [0.15, 0.2) is 18.2 Å². The number of aromatic nitrogens is 3. The van der Waals surface area contributed by atoms with E-state index in [4.69, 9.17) is 5.73 Å². The smallest absolute Gasteiger partial charge is 0.289 e. The van der Waals surface area contributed by atoms with E-state index in [9.17, 15) is 4.79 Å². The highest BCUT2D eigenvalue weighted by Gasteiger charge is 2.16.